The van der Waals surface area contributed by atoms with Gasteiger partial charge in [0.1, 0.15) is 0 Å². The second-order valence-electron chi connectivity index (χ2n) is 6.46. The van der Waals surface area contributed by atoms with E-state index >= 15 is 0 Å². The highest BCUT2D eigenvalue weighted by Gasteiger charge is 2.29. The van der Waals surface area contributed by atoms with Gasteiger partial charge in [0.15, 0.2) is 0 Å². The highest BCUT2D eigenvalue weighted by atomic mass is 16.3. The molecule has 1 heterocycles. The summed E-state index contributed by atoms with van der Waals surface area (Å²) in [6.45, 7) is 9.49. The number of fused-ring (bicyclic) bond motifs is 1. The fraction of sp³-hybridized carbons (Fsp3) is 0.625. The van der Waals surface area contributed by atoms with Crippen molar-refractivity contribution in [3.8, 4) is 0 Å². The summed E-state index contributed by atoms with van der Waals surface area (Å²) >= 11 is 0. The van der Waals surface area contributed by atoms with E-state index in [1.165, 1.54) is 16.7 Å². The Morgan fingerprint density at radius 3 is 2.68 bits per heavy atom. The summed E-state index contributed by atoms with van der Waals surface area (Å²) in [5.74, 6) is 0. The molecule has 1 atom stereocenters. The molecule has 0 saturated heterocycles. The first-order chi connectivity index (χ1) is 8.97. The molecule has 0 aromatic heterocycles. The van der Waals surface area contributed by atoms with Gasteiger partial charge in [-0.3, -0.25) is 4.90 Å². The summed E-state index contributed by atoms with van der Waals surface area (Å²) in [6, 6.07) is 7.12. The molecule has 3 N–H and O–H groups in total. The SMILES string of the molecule is CC(C)(C)c1ccc2c(c1)C(CN)N(CCCO)C2. The second kappa shape index (κ2) is 5.61. The smallest absolute Gasteiger partial charge is 0.0477 e. The standard InChI is InChI=1S/C16H26N2O/c1-16(2,3)13-6-5-12-11-18(7-4-8-19)15(10-17)14(12)9-13/h5-6,9,15,19H,4,7-8,10-11,17H2,1-3H3. The maximum Gasteiger partial charge on any atom is 0.0477 e. The average molecular weight is 262 g/mol. The third-order valence-corrected chi connectivity index (χ3v) is 4.01. The summed E-state index contributed by atoms with van der Waals surface area (Å²) in [6.07, 6.45) is 0.816. The zero-order valence-electron chi connectivity index (χ0n) is 12.3. The van der Waals surface area contributed by atoms with Crippen LogP contribution in [-0.4, -0.2) is 29.7 Å². The Morgan fingerprint density at radius 1 is 1.37 bits per heavy atom. The van der Waals surface area contributed by atoms with Gasteiger partial charge in [0.2, 0.25) is 0 Å². The van der Waals surface area contributed by atoms with E-state index in [1.807, 2.05) is 0 Å². The van der Waals surface area contributed by atoms with Crippen molar-refractivity contribution in [3.63, 3.8) is 0 Å². The van der Waals surface area contributed by atoms with Crippen LogP contribution in [0.4, 0.5) is 0 Å². The van der Waals surface area contributed by atoms with Gasteiger partial charge >= 0.3 is 0 Å². The van der Waals surface area contributed by atoms with Crippen LogP contribution in [0.5, 0.6) is 0 Å². The molecule has 0 bridgehead atoms. The Hall–Kier alpha value is -0.900. The van der Waals surface area contributed by atoms with Gasteiger partial charge in [-0.15, -0.1) is 0 Å². The maximum atomic E-state index is 9.00. The molecular formula is C16H26N2O. The van der Waals surface area contributed by atoms with Crippen molar-refractivity contribution in [2.75, 3.05) is 19.7 Å². The fourth-order valence-electron chi connectivity index (χ4n) is 2.83. The van der Waals surface area contributed by atoms with Gasteiger partial charge < -0.3 is 10.8 Å². The minimum atomic E-state index is 0.173. The second-order valence-corrected chi connectivity index (χ2v) is 6.46. The lowest BCUT2D eigenvalue weighted by atomic mass is 9.85. The van der Waals surface area contributed by atoms with E-state index in [1.54, 1.807) is 0 Å². The molecule has 1 aliphatic rings. The normalized spacial score (nSPS) is 19.7. The van der Waals surface area contributed by atoms with Crippen LogP contribution in [-0.2, 0) is 12.0 Å². The van der Waals surface area contributed by atoms with Gasteiger partial charge in [0.25, 0.3) is 0 Å². The molecular weight excluding hydrogens is 236 g/mol. The number of hydrogen-bond donors (Lipinski definition) is 2. The van der Waals surface area contributed by atoms with Crippen molar-refractivity contribution < 1.29 is 5.11 Å². The highest BCUT2D eigenvalue weighted by molar-refractivity contribution is 5.40. The predicted octanol–water partition coefficient (Wildman–Crippen LogP) is 2.18. The monoisotopic (exact) mass is 262 g/mol. The third kappa shape index (κ3) is 2.99. The van der Waals surface area contributed by atoms with Gasteiger partial charge in [0, 0.05) is 32.3 Å². The lowest BCUT2D eigenvalue weighted by Crippen LogP contribution is -2.29. The molecule has 3 nitrogen and oxygen atoms in total. The zero-order chi connectivity index (χ0) is 14.0. The summed E-state index contributed by atoms with van der Waals surface area (Å²) in [7, 11) is 0. The third-order valence-electron chi connectivity index (χ3n) is 4.01. The number of nitrogens with two attached hydrogens (primary N) is 1. The van der Waals surface area contributed by atoms with E-state index in [2.05, 4.69) is 43.9 Å². The average Bonchev–Trinajstić information content (AvgIpc) is 2.71. The molecule has 0 amide bonds. The van der Waals surface area contributed by atoms with Crippen LogP contribution in [0.3, 0.4) is 0 Å². The first kappa shape index (κ1) is 14.5. The summed E-state index contributed by atoms with van der Waals surface area (Å²) in [5, 5.41) is 9.00. The van der Waals surface area contributed by atoms with Crippen LogP contribution in [0.25, 0.3) is 0 Å². The van der Waals surface area contributed by atoms with Crippen LogP contribution in [0.1, 0.15) is 49.9 Å². The van der Waals surface area contributed by atoms with E-state index in [-0.39, 0.29) is 12.0 Å². The molecule has 19 heavy (non-hydrogen) atoms. The Labute approximate surface area is 116 Å². The Kier molecular flexibility index (Phi) is 4.29. The summed E-state index contributed by atoms with van der Waals surface area (Å²) < 4.78 is 0. The van der Waals surface area contributed by atoms with Crippen molar-refractivity contribution in [1.29, 1.82) is 0 Å². The first-order valence-corrected chi connectivity index (χ1v) is 7.15. The lowest BCUT2D eigenvalue weighted by Gasteiger charge is -2.24. The lowest BCUT2D eigenvalue weighted by molar-refractivity contribution is 0.190. The first-order valence-electron chi connectivity index (χ1n) is 7.15. The molecule has 0 radical (unpaired) electrons. The molecule has 2 rings (SSSR count). The van der Waals surface area contributed by atoms with Gasteiger partial charge in [0.05, 0.1) is 0 Å². The minimum absolute atomic E-state index is 0.173. The number of benzene rings is 1. The molecule has 1 aromatic carbocycles. The van der Waals surface area contributed by atoms with Crippen molar-refractivity contribution >= 4 is 0 Å². The van der Waals surface area contributed by atoms with Crippen LogP contribution in [0.2, 0.25) is 0 Å². The van der Waals surface area contributed by atoms with Gasteiger partial charge in [-0.25, -0.2) is 0 Å². The molecule has 1 aromatic rings. The molecule has 0 fully saturated rings. The largest absolute Gasteiger partial charge is 0.396 e. The van der Waals surface area contributed by atoms with Gasteiger partial charge in [-0.1, -0.05) is 39.0 Å². The molecule has 0 spiro atoms. The Morgan fingerprint density at radius 2 is 2.11 bits per heavy atom. The van der Waals surface area contributed by atoms with Crippen molar-refractivity contribution in [1.82, 2.24) is 4.90 Å². The quantitative estimate of drug-likeness (QED) is 0.874. The van der Waals surface area contributed by atoms with E-state index in [4.69, 9.17) is 10.8 Å². The number of hydrogen-bond acceptors (Lipinski definition) is 3. The molecule has 1 aliphatic heterocycles. The number of aliphatic hydroxyl groups excluding tert-OH is 1. The maximum absolute atomic E-state index is 9.00. The van der Waals surface area contributed by atoms with E-state index < -0.39 is 0 Å². The van der Waals surface area contributed by atoms with Crippen LogP contribution in [0, 0.1) is 0 Å². The van der Waals surface area contributed by atoms with Crippen molar-refractivity contribution in [2.24, 2.45) is 5.73 Å². The zero-order valence-corrected chi connectivity index (χ0v) is 12.3. The fourth-order valence-corrected chi connectivity index (χ4v) is 2.83. The summed E-state index contributed by atoms with van der Waals surface area (Å²) in [5.41, 5.74) is 10.3. The number of aliphatic hydroxyl groups is 1. The van der Waals surface area contributed by atoms with Crippen LogP contribution >= 0.6 is 0 Å². The minimum Gasteiger partial charge on any atom is -0.396 e. The van der Waals surface area contributed by atoms with E-state index in [0.29, 0.717) is 12.6 Å². The van der Waals surface area contributed by atoms with E-state index in [9.17, 15) is 0 Å². The molecule has 3 heteroatoms. The van der Waals surface area contributed by atoms with Crippen LogP contribution in [0.15, 0.2) is 18.2 Å². The van der Waals surface area contributed by atoms with Crippen molar-refractivity contribution in [2.45, 2.75) is 45.2 Å². The predicted molar refractivity (Wildman–Crippen MR) is 79.1 cm³/mol. The molecule has 106 valence electrons. The van der Waals surface area contributed by atoms with Gasteiger partial charge in [-0.05, 0) is 28.5 Å². The molecule has 1 unspecified atom stereocenters. The van der Waals surface area contributed by atoms with Gasteiger partial charge in [-0.2, -0.15) is 0 Å². The van der Waals surface area contributed by atoms with E-state index in [0.717, 1.165) is 19.5 Å². The molecule has 0 saturated carbocycles. The highest BCUT2D eigenvalue weighted by Crippen LogP contribution is 2.36. The van der Waals surface area contributed by atoms with Crippen LogP contribution < -0.4 is 5.73 Å². The Balaban J connectivity index is 2.27. The number of nitrogens with zero attached hydrogens (tertiary/aromatic N) is 1. The van der Waals surface area contributed by atoms with Crippen molar-refractivity contribution in [3.05, 3.63) is 34.9 Å². The topological polar surface area (TPSA) is 49.5 Å². The Bertz CT molecular complexity index is 437. The summed E-state index contributed by atoms with van der Waals surface area (Å²) in [4.78, 5) is 2.38. The molecule has 0 aliphatic carbocycles. The number of rotatable bonds is 4.